The van der Waals surface area contributed by atoms with Gasteiger partial charge in [-0.25, -0.2) is 0 Å². The van der Waals surface area contributed by atoms with Crippen LogP contribution in [0.3, 0.4) is 0 Å². The molecule has 9 nitrogen and oxygen atoms in total. The van der Waals surface area contributed by atoms with Crippen molar-refractivity contribution in [1.29, 1.82) is 0 Å². The summed E-state index contributed by atoms with van der Waals surface area (Å²) >= 11 is 0. The Kier molecular flexibility index (Phi) is 9.46. The fourth-order valence-electron chi connectivity index (χ4n) is 6.08. The highest BCUT2D eigenvalue weighted by Gasteiger charge is 2.36. The standard InChI is InChI=1S/C29H38F3N5O4/c30-29(31,32)22-17-20(12-13-24(22)39-16-14-19-7-2-1-3-8-19)26-35-27(41-36-26)23-11-6-15-37(23)28(33)34-25(38)18-40-21-9-4-5-10-21/h12-13,17,19,21,23H,1-11,14-16,18H2,(H2,33,34,38). The summed E-state index contributed by atoms with van der Waals surface area (Å²) in [6.45, 7) is 0.644. The second-order valence-electron chi connectivity index (χ2n) is 11.2. The predicted molar refractivity (Wildman–Crippen MR) is 145 cm³/mol. The Morgan fingerprint density at radius 3 is 2.59 bits per heavy atom. The molecule has 2 heterocycles. The van der Waals surface area contributed by atoms with Gasteiger partial charge in [0.05, 0.1) is 18.3 Å². The first-order valence-electron chi connectivity index (χ1n) is 14.7. The van der Waals surface area contributed by atoms with Crippen LogP contribution in [0.15, 0.2) is 27.7 Å². The number of aromatic nitrogens is 2. The van der Waals surface area contributed by atoms with E-state index in [1.54, 1.807) is 4.90 Å². The molecule has 0 radical (unpaired) electrons. The minimum Gasteiger partial charge on any atom is -0.493 e. The van der Waals surface area contributed by atoms with E-state index in [0.29, 0.717) is 18.9 Å². The maximum atomic E-state index is 13.9. The minimum absolute atomic E-state index is 0.0290. The fraction of sp³-hybridized carbons (Fsp3) is 0.655. The monoisotopic (exact) mass is 577 g/mol. The van der Waals surface area contributed by atoms with E-state index >= 15 is 0 Å². The molecule has 12 heteroatoms. The zero-order valence-electron chi connectivity index (χ0n) is 23.2. The number of guanidine groups is 1. The molecule has 0 spiro atoms. The largest absolute Gasteiger partial charge is 0.493 e. The number of alkyl halides is 3. The number of hydrogen-bond acceptors (Lipinski definition) is 6. The van der Waals surface area contributed by atoms with Gasteiger partial charge in [0, 0.05) is 12.1 Å². The average Bonchev–Trinajstić information content (AvgIpc) is 3.74. The third-order valence-electron chi connectivity index (χ3n) is 8.31. The quantitative estimate of drug-likeness (QED) is 0.283. The van der Waals surface area contributed by atoms with Crippen molar-refractivity contribution in [2.75, 3.05) is 19.8 Å². The van der Waals surface area contributed by atoms with Gasteiger partial charge in [0.1, 0.15) is 18.4 Å². The van der Waals surface area contributed by atoms with Crippen LogP contribution in [-0.2, 0) is 15.7 Å². The van der Waals surface area contributed by atoms with Crippen molar-refractivity contribution in [2.45, 2.75) is 95.4 Å². The van der Waals surface area contributed by atoms with Gasteiger partial charge in [-0.3, -0.25) is 4.79 Å². The summed E-state index contributed by atoms with van der Waals surface area (Å²) in [6.07, 6.45) is 7.46. The Hall–Kier alpha value is -3.15. The Morgan fingerprint density at radius 1 is 1.07 bits per heavy atom. The third kappa shape index (κ3) is 7.58. The topological polar surface area (TPSA) is 116 Å². The van der Waals surface area contributed by atoms with E-state index in [2.05, 4.69) is 15.1 Å². The number of nitrogens with zero attached hydrogens (tertiary/aromatic N) is 4. The molecule has 2 N–H and O–H groups in total. The number of hydrogen-bond donors (Lipinski definition) is 1. The van der Waals surface area contributed by atoms with Gasteiger partial charge in [0.2, 0.25) is 11.7 Å². The van der Waals surface area contributed by atoms with Crippen LogP contribution in [-0.4, -0.2) is 52.8 Å². The van der Waals surface area contributed by atoms with Gasteiger partial charge in [-0.2, -0.15) is 23.1 Å². The summed E-state index contributed by atoms with van der Waals surface area (Å²) in [7, 11) is 0. The summed E-state index contributed by atoms with van der Waals surface area (Å²) in [5.41, 5.74) is 5.44. The number of ether oxygens (including phenoxy) is 2. The highest BCUT2D eigenvalue weighted by molar-refractivity contribution is 5.93. The van der Waals surface area contributed by atoms with Crippen molar-refractivity contribution >= 4 is 11.9 Å². The normalized spacial score (nSPS) is 21.1. The van der Waals surface area contributed by atoms with E-state index in [1.165, 1.54) is 31.4 Å². The molecule has 1 aromatic carbocycles. The van der Waals surface area contributed by atoms with E-state index in [1.807, 2.05) is 0 Å². The Morgan fingerprint density at radius 2 is 1.83 bits per heavy atom. The third-order valence-corrected chi connectivity index (χ3v) is 8.31. The second-order valence-corrected chi connectivity index (χ2v) is 11.2. The molecule has 41 heavy (non-hydrogen) atoms. The number of halogens is 3. The van der Waals surface area contributed by atoms with Crippen LogP contribution >= 0.6 is 0 Å². The maximum Gasteiger partial charge on any atom is 0.419 e. The molecule has 5 rings (SSSR count). The Balaban J connectivity index is 1.24. The first-order chi connectivity index (χ1) is 19.8. The van der Waals surface area contributed by atoms with Crippen LogP contribution in [0.4, 0.5) is 13.2 Å². The van der Waals surface area contributed by atoms with Gasteiger partial charge in [0.15, 0.2) is 5.96 Å². The molecule has 1 aromatic heterocycles. The Labute approximate surface area is 237 Å². The molecule has 1 saturated heterocycles. The lowest BCUT2D eigenvalue weighted by atomic mass is 9.87. The first-order valence-corrected chi connectivity index (χ1v) is 14.7. The van der Waals surface area contributed by atoms with Gasteiger partial charge in [0.25, 0.3) is 5.91 Å². The van der Waals surface area contributed by atoms with Gasteiger partial charge in [-0.15, -0.1) is 0 Å². The second kappa shape index (κ2) is 13.2. The van der Waals surface area contributed by atoms with Gasteiger partial charge in [-0.1, -0.05) is 50.1 Å². The lowest BCUT2D eigenvalue weighted by molar-refractivity contribution is -0.139. The predicted octanol–water partition coefficient (Wildman–Crippen LogP) is 6.04. The lowest BCUT2D eigenvalue weighted by Crippen LogP contribution is -2.38. The van der Waals surface area contributed by atoms with Crippen LogP contribution in [0.1, 0.15) is 94.5 Å². The molecule has 224 valence electrons. The van der Waals surface area contributed by atoms with Crippen LogP contribution < -0.4 is 10.5 Å². The average molecular weight is 578 g/mol. The van der Waals surface area contributed by atoms with Crippen molar-refractivity contribution in [3.05, 3.63) is 29.7 Å². The summed E-state index contributed by atoms with van der Waals surface area (Å²) < 4.78 is 58.5. The molecular formula is C29H38F3N5O4. The molecule has 3 fully saturated rings. The van der Waals surface area contributed by atoms with E-state index in [0.717, 1.165) is 57.4 Å². The van der Waals surface area contributed by atoms with Crippen molar-refractivity contribution in [3.63, 3.8) is 0 Å². The smallest absolute Gasteiger partial charge is 0.419 e. The van der Waals surface area contributed by atoms with E-state index < -0.39 is 23.7 Å². The van der Waals surface area contributed by atoms with Crippen molar-refractivity contribution in [2.24, 2.45) is 16.6 Å². The minimum atomic E-state index is -4.61. The zero-order chi connectivity index (χ0) is 28.8. The molecule has 3 aliphatic rings. The highest BCUT2D eigenvalue weighted by Crippen LogP contribution is 2.39. The Bertz CT molecular complexity index is 1210. The lowest BCUT2D eigenvalue weighted by Gasteiger charge is -2.22. The van der Waals surface area contributed by atoms with Gasteiger partial charge >= 0.3 is 6.18 Å². The van der Waals surface area contributed by atoms with Crippen LogP contribution in [0.2, 0.25) is 0 Å². The summed E-state index contributed by atoms with van der Waals surface area (Å²) in [4.78, 5) is 22.4. The number of nitrogens with two attached hydrogens (primary N) is 1. The molecule has 0 bridgehead atoms. The highest BCUT2D eigenvalue weighted by atomic mass is 19.4. The number of benzene rings is 1. The number of aliphatic imine (C=N–C) groups is 1. The SMILES string of the molecule is NC(=NC(=O)COC1CCCC1)N1CCCC1c1nc(-c2ccc(OCCC3CCCCC3)c(C(F)(F)F)c2)no1. The van der Waals surface area contributed by atoms with Crippen molar-refractivity contribution in [1.82, 2.24) is 15.0 Å². The van der Waals surface area contributed by atoms with Gasteiger partial charge in [-0.05, 0) is 56.2 Å². The molecule has 2 aliphatic carbocycles. The zero-order valence-corrected chi connectivity index (χ0v) is 23.2. The van der Waals surface area contributed by atoms with Crippen molar-refractivity contribution in [3.8, 4) is 17.1 Å². The molecule has 2 aromatic rings. The molecular weight excluding hydrogens is 539 g/mol. The number of likely N-dealkylation sites (tertiary alicyclic amines) is 1. The van der Waals surface area contributed by atoms with E-state index in [9.17, 15) is 18.0 Å². The number of amides is 1. The molecule has 1 aliphatic heterocycles. The molecule has 1 amide bonds. The van der Waals surface area contributed by atoms with Crippen LogP contribution in [0.5, 0.6) is 5.75 Å². The van der Waals surface area contributed by atoms with E-state index in [4.69, 9.17) is 19.7 Å². The summed E-state index contributed by atoms with van der Waals surface area (Å²) in [6, 6.07) is 3.38. The fourth-order valence-corrected chi connectivity index (χ4v) is 6.08. The summed E-state index contributed by atoms with van der Waals surface area (Å²) in [5, 5.41) is 3.95. The number of carbonyl (C=O) groups is 1. The number of rotatable bonds is 9. The molecule has 2 saturated carbocycles. The van der Waals surface area contributed by atoms with Crippen molar-refractivity contribution < 1.29 is 32.0 Å². The van der Waals surface area contributed by atoms with Gasteiger partial charge < -0.3 is 24.6 Å². The molecule has 1 unspecified atom stereocenters. The van der Waals surface area contributed by atoms with Crippen LogP contribution in [0.25, 0.3) is 11.4 Å². The number of carbonyl (C=O) groups excluding carboxylic acids is 1. The van der Waals surface area contributed by atoms with E-state index in [-0.39, 0.29) is 48.3 Å². The molecule has 1 atom stereocenters. The maximum absolute atomic E-state index is 13.9. The first kappa shape index (κ1) is 29.3. The summed E-state index contributed by atoms with van der Waals surface area (Å²) in [5.74, 6) is 0.101. The van der Waals surface area contributed by atoms with Crippen LogP contribution in [0, 0.1) is 5.92 Å².